The summed E-state index contributed by atoms with van der Waals surface area (Å²) >= 11 is 0. The van der Waals surface area contributed by atoms with Gasteiger partial charge < -0.3 is 10.2 Å². The van der Waals surface area contributed by atoms with Crippen molar-refractivity contribution in [1.29, 1.82) is 0 Å². The molecule has 0 unspecified atom stereocenters. The first-order valence-electron chi connectivity index (χ1n) is 6.81. The molecule has 2 heterocycles. The molecule has 1 aliphatic heterocycles. The van der Waals surface area contributed by atoms with Crippen molar-refractivity contribution in [1.82, 2.24) is 10.3 Å². The van der Waals surface area contributed by atoms with Crippen LogP contribution in [0.4, 0.5) is 5.82 Å². The Morgan fingerprint density at radius 1 is 1.28 bits per heavy atom. The number of hydrogen-bond donors (Lipinski definition) is 1. The quantitative estimate of drug-likeness (QED) is 0.890. The monoisotopic (exact) mass is 247 g/mol. The summed E-state index contributed by atoms with van der Waals surface area (Å²) in [6, 6.07) is 5.68. The van der Waals surface area contributed by atoms with Crippen molar-refractivity contribution in [3.05, 3.63) is 23.9 Å². The highest BCUT2D eigenvalue weighted by molar-refractivity contribution is 5.92. The van der Waals surface area contributed by atoms with Gasteiger partial charge in [-0.3, -0.25) is 4.79 Å². The fourth-order valence-corrected chi connectivity index (χ4v) is 2.28. The van der Waals surface area contributed by atoms with Crippen LogP contribution < -0.4 is 10.2 Å². The van der Waals surface area contributed by atoms with Crippen LogP contribution in [0.2, 0.25) is 0 Å². The zero-order chi connectivity index (χ0) is 12.8. The van der Waals surface area contributed by atoms with Crippen LogP contribution in [0, 0.1) is 0 Å². The molecular weight excluding hydrogens is 226 g/mol. The first kappa shape index (κ1) is 12.9. The molecule has 0 spiro atoms. The predicted octanol–water partition coefficient (Wildman–Crippen LogP) is 2.21. The molecule has 0 atom stereocenters. The number of carbonyl (C=O) groups is 1. The molecule has 2 rings (SSSR count). The van der Waals surface area contributed by atoms with Gasteiger partial charge in [0.1, 0.15) is 11.5 Å². The number of pyridine rings is 1. The van der Waals surface area contributed by atoms with Crippen LogP contribution in [0.25, 0.3) is 0 Å². The number of nitrogens with zero attached hydrogens (tertiary/aromatic N) is 2. The summed E-state index contributed by atoms with van der Waals surface area (Å²) in [5, 5.41) is 2.78. The molecular formula is C14H21N3O. The van der Waals surface area contributed by atoms with Gasteiger partial charge in [-0.1, -0.05) is 18.9 Å². The van der Waals surface area contributed by atoms with Crippen LogP contribution in [-0.2, 0) is 0 Å². The lowest BCUT2D eigenvalue weighted by molar-refractivity contribution is 0.0951. The van der Waals surface area contributed by atoms with Crippen LogP contribution in [0.3, 0.4) is 0 Å². The highest BCUT2D eigenvalue weighted by Gasteiger charge is 2.13. The standard InChI is InChI=1S/C14H21N3O/c1-2-15-14(18)12-8-7-9-13(16-12)17-10-5-3-4-6-11-17/h7-9H,2-6,10-11H2,1H3,(H,15,18). The predicted molar refractivity (Wildman–Crippen MR) is 72.9 cm³/mol. The van der Waals surface area contributed by atoms with E-state index in [4.69, 9.17) is 0 Å². The van der Waals surface area contributed by atoms with Crippen molar-refractivity contribution in [2.75, 3.05) is 24.5 Å². The third-order valence-electron chi connectivity index (χ3n) is 3.23. The smallest absolute Gasteiger partial charge is 0.269 e. The number of nitrogens with one attached hydrogen (secondary N) is 1. The van der Waals surface area contributed by atoms with Crippen molar-refractivity contribution in [3.8, 4) is 0 Å². The molecule has 1 saturated heterocycles. The number of carbonyl (C=O) groups excluding carboxylic acids is 1. The summed E-state index contributed by atoms with van der Waals surface area (Å²) < 4.78 is 0. The Morgan fingerprint density at radius 3 is 2.67 bits per heavy atom. The van der Waals surface area contributed by atoms with Crippen LogP contribution in [0.1, 0.15) is 43.1 Å². The van der Waals surface area contributed by atoms with Gasteiger partial charge in [-0.25, -0.2) is 4.98 Å². The van der Waals surface area contributed by atoms with Gasteiger partial charge in [-0.2, -0.15) is 0 Å². The topological polar surface area (TPSA) is 45.2 Å². The van der Waals surface area contributed by atoms with E-state index in [0.29, 0.717) is 12.2 Å². The highest BCUT2D eigenvalue weighted by atomic mass is 16.1. The first-order chi connectivity index (χ1) is 8.81. The van der Waals surface area contributed by atoms with Crippen LogP contribution in [-0.4, -0.2) is 30.5 Å². The highest BCUT2D eigenvalue weighted by Crippen LogP contribution is 2.17. The second-order valence-corrected chi connectivity index (χ2v) is 4.64. The van der Waals surface area contributed by atoms with E-state index in [1.807, 2.05) is 19.1 Å². The normalized spacial score (nSPS) is 16.2. The van der Waals surface area contributed by atoms with Crippen LogP contribution in [0.5, 0.6) is 0 Å². The van der Waals surface area contributed by atoms with Gasteiger partial charge in [0.2, 0.25) is 0 Å². The largest absolute Gasteiger partial charge is 0.357 e. The molecule has 1 aliphatic rings. The second-order valence-electron chi connectivity index (χ2n) is 4.64. The van der Waals surface area contributed by atoms with E-state index in [0.717, 1.165) is 18.9 Å². The summed E-state index contributed by atoms with van der Waals surface area (Å²) in [5.41, 5.74) is 0.513. The van der Waals surface area contributed by atoms with Gasteiger partial charge in [0, 0.05) is 19.6 Å². The van der Waals surface area contributed by atoms with Gasteiger partial charge in [0.15, 0.2) is 0 Å². The molecule has 0 aliphatic carbocycles. The number of aromatic nitrogens is 1. The number of anilines is 1. The Kier molecular flexibility index (Phi) is 4.56. The summed E-state index contributed by atoms with van der Waals surface area (Å²) in [4.78, 5) is 18.5. The fourth-order valence-electron chi connectivity index (χ4n) is 2.28. The van der Waals surface area contributed by atoms with Crippen LogP contribution in [0.15, 0.2) is 18.2 Å². The molecule has 1 aromatic rings. The van der Waals surface area contributed by atoms with Gasteiger partial charge in [0.25, 0.3) is 5.91 Å². The van der Waals surface area contributed by atoms with Crippen molar-refractivity contribution in [3.63, 3.8) is 0 Å². The molecule has 1 amide bonds. The zero-order valence-corrected chi connectivity index (χ0v) is 11.0. The molecule has 98 valence electrons. The SMILES string of the molecule is CCNC(=O)c1cccc(N2CCCCCC2)n1. The summed E-state index contributed by atoms with van der Waals surface area (Å²) in [7, 11) is 0. The second kappa shape index (κ2) is 6.38. The minimum absolute atomic E-state index is 0.0887. The molecule has 1 aromatic heterocycles. The maximum atomic E-state index is 11.8. The lowest BCUT2D eigenvalue weighted by atomic mass is 10.2. The molecule has 0 saturated carbocycles. The maximum absolute atomic E-state index is 11.8. The Balaban J connectivity index is 2.12. The van der Waals surface area contributed by atoms with E-state index < -0.39 is 0 Å². The molecule has 0 aromatic carbocycles. The molecule has 4 nitrogen and oxygen atoms in total. The fraction of sp³-hybridized carbons (Fsp3) is 0.571. The van der Waals surface area contributed by atoms with E-state index in [1.54, 1.807) is 6.07 Å². The minimum Gasteiger partial charge on any atom is -0.357 e. The third-order valence-corrected chi connectivity index (χ3v) is 3.23. The molecule has 4 heteroatoms. The maximum Gasteiger partial charge on any atom is 0.269 e. The Morgan fingerprint density at radius 2 is 2.00 bits per heavy atom. The Hall–Kier alpha value is -1.58. The zero-order valence-electron chi connectivity index (χ0n) is 11.0. The number of hydrogen-bond acceptors (Lipinski definition) is 3. The number of rotatable bonds is 3. The lowest BCUT2D eigenvalue weighted by Gasteiger charge is -2.21. The molecule has 1 fully saturated rings. The van der Waals surface area contributed by atoms with E-state index in [2.05, 4.69) is 15.2 Å². The average molecular weight is 247 g/mol. The third kappa shape index (κ3) is 3.22. The van der Waals surface area contributed by atoms with Gasteiger partial charge in [0.05, 0.1) is 0 Å². The molecule has 1 N–H and O–H groups in total. The van der Waals surface area contributed by atoms with Gasteiger partial charge in [-0.05, 0) is 31.9 Å². The summed E-state index contributed by atoms with van der Waals surface area (Å²) in [6.45, 7) is 4.64. The van der Waals surface area contributed by atoms with E-state index in [-0.39, 0.29) is 5.91 Å². The first-order valence-corrected chi connectivity index (χ1v) is 6.81. The van der Waals surface area contributed by atoms with E-state index >= 15 is 0 Å². The van der Waals surface area contributed by atoms with Crippen molar-refractivity contribution in [2.24, 2.45) is 0 Å². The number of amides is 1. The molecule has 0 bridgehead atoms. The van der Waals surface area contributed by atoms with Gasteiger partial charge in [-0.15, -0.1) is 0 Å². The van der Waals surface area contributed by atoms with Crippen molar-refractivity contribution < 1.29 is 4.79 Å². The summed E-state index contributed by atoms with van der Waals surface area (Å²) in [6.07, 6.45) is 5.03. The Labute approximate surface area is 108 Å². The Bertz CT molecular complexity index is 398. The average Bonchev–Trinajstić information content (AvgIpc) is 2.68. The minimum atomic E-state index is -0.0887. The molecule has 18 heavy (non-hydrogen) atoms. The van der Waals surface area contributed by atoms with Crippen molar-refractivity contribution >= 4 is 11.7 Å². The van der Waals surface area contributed by atoms with Gasteiger partial charge >= 0.3 is 0 Å². The van der Waals surface area contributed by atoms with E-state index in [1.165, 1.54) is 25.7 Å². The van der Waals surface area contributed by atoms with E-state index in [9.17, 15) is 4.79 Å². The van der Waals surface area contributed by atoms with Crippen LogP contribution >= 0.6 is 0 Å². The van der Waals surface area contributed by atoms with Crippen molar-refractivity contribution in [2.45, 2.75) is 32.6 Å². The summed E-state index contributed by atoms with van der Waals surface area (Å²) in [5.74, 6) is 0.842. The molecule has 0 radical (unpaired) electrons. The lowest BCUT2D eigenvalue weighted by Crippen LogP contribution is -2.27.